The molecule has 4 nitrogen and oxygen atoms in total. The highest BCUT2D eigenvalue weighted by Crippen LogP contribution is 2.22. The third-order valence-corrected chi connectivity index (χ3v) is 5.05. The zero-order valence-corrected chi connectivity index (χ0v) is 13.0. The van der Waals surface area contributed by atoms with E-state index in [-0.39, 0.29) is 5.41 Å². The van der Waals surface area contributed by atoms with Crippen LogP contribution in [0.5, 0.6) is 0 Å². The number of rotatable bonds is 6. The Morgan fingerprint density at radius 1 is 1.32 bits per heavy atom. The quantitative estimate of drug-likeness (QED) is 0.869. The molecule has 0 spiro atoms. The maximum absolute atomic E-state index is 12.6. The molecule has 0 heterocycles. The second-order valence-electron chi connectivity index (χ2n) is 5.62. The molecule has 0 fully saturated rings. The Balaban J connectivity index is 3.10. The summed E-state index contributed by atoms with van der Waals surface area (Å²) < 4.78 is 26.7. The predicted molar refractivity (Wildman–Crippen MR) is 78.4 cm³/mol. The van der Waals surface area contributed by atoms with Crippen LogP contribution in [0.15, 0.2) is 29.2 Å². The van der Waals surface area contributed by atoms with Crippen LogP contribution in [0.4, 0.5) is 0 Å². The second kappa shape index (κ2) is 6.03. The zero-order chi connectivity index (χ0) is 14.7. The molecule has 0 bridgehead atoms. The molecule has 0 saturated heterocycles. The van der Waals surface area contributed by atoms with E-state index in [9.17, 15) is 8.42 Å². The molecule has 1 aromatic carbocycles. The molecule has 0 saturated carbocycles. The lowest BCUT2D eigenvalue weighted by Crippen LogP contribution is -2.41. The molecular weight excluding hydrogens is 260 g/mol. The number of benzene rings is 1. The minimum Gasteiger partial charge on any atom is -0.330 e. The van der Waals surface area contributed by atoms with Gasteiger partial charge in [0.05, 0.1) is 4.90 Å². The summed E-state index contributed by atoms with van der Waals surface area (Å²) in [6.07, 6.45) is 0. The maximum atomic E-state index is 12.6. The van der Waals surface area contributed by atoms with Gasteiger partial charge >= 0.3 is 0 Å². The molecule has 0 atom stereocenters. The summed E-state index contributed by atoms with van der Waals surface area (Å²) in [4.78, 5) is 0.349. The second-order valence-corrected chi connectivity index (χ2v) is 7.55. The first kappa shape index (κ1) is 16.1. The summed E-state index contributed by atoms with van der Waals surface area (Å²) in [6.45, 7) is 9.00. The summed E-state index contributed by atoms with van der Waals surface area (Å²) >= 11 is 0. The summed E-state index contributed by atoms with van der Waals surface area (Å²) in [5, 5.41) is 0. The fourth-order valence-electron chi connectivity index (χ4n) is 1.83. The molecule has 0 amide bonds. The minimum atomic E-state index is -3.44. The van der Waals surface area contributed by atoms with Gasteiger partial charge in [0, 0.05) is 13.1 Å². The van der Waals surface area contributed by atoms with Gasteiger partial charge < -0.3 is 5.73 Å². The third-order valence-electron chi connectivity index (χ3n) is 3.14. The van der Waals surface area contributed by atoms with Crippen LogP contribution in [0.2, 0.25) is 0 Å². The molecule has 2 N–H and O–H groups in total. The van der Waals surface area contributed by atoms with Gasteiger partial charge in [0.2, 0.25) is 10.0 Å². The molecule has 108 valence electrons. The molecule has 0 aliphatic carbocycles. The number of aryl methyl sites for hydroxylation is 1. The first-order valence-electron chi connectivity index (χ1n) is 6.50. The van der Waals surface area contributed by atoms with E-state index in [4.69, 9.17) is 5.73 Å². The number of hydrogen-bond donors (Lipinski definition) is 1. The van der Waals surface area contributed by atoms with Crippen LogP contribution < -0.4 is 5.73 Å². The summed E-state index contributed by atoms with van der Waals surface area (Å²) in [6, 6.07) is 7.00. The Hall–Kier alpha value is -0.910. The molecule has 0 aromatic heterocycles. The van der Waals surface area contributed by atoms with Crippen molar-refractivity contribution in [2.45, 2.75) is 32.6 Å². The van der Waals surface area contributed by atoms with Crippen LogP contribution in [0.25, 0.3) is 0 Å². The standard InChI is InChI=1S/C14H24N2O2S/c1-5-16(11-14(3,4)10-15)19(17,18)13-8-6-7-12(2)9-13/h6-9H,5,10-11,15H2,1-4H3. The van der Waals surface area contributed by atoms with E-state index >= 15 is 0 Å². The van der Waals surface area contributed by atoms with E-state index in [1.54, 1.807) is 18.2 Å². The predicted octanol–water partition coefficient (Wildman–Crippen LogP) is 1.99. The number of sulfonamides is 1. The van der Waals surface area contributed by atoms with Gasteiger partial charge in [-0.15, -0.1) is 0 Å². The van der Waals surface area contributed by atoms with Crippen molar-refractivity contribution in [3.8, 4) is 0 Å². The van der Waals surface area contributed by atoms with E-state index < -0.39 is 10.0 Å². The minimum absolute atomic E-state index is 0.229. The van der Waals surface area contributed by atoms with Gasteiger partial charge in [-0.2, -0.15) is 4.31 Å². The lowest BCUT2D eigenvalue weighted by atomic mass is 9.94. The highest BCUT2D eigenvalue weighted by molar-refractivity contribution is 7.89. The number of nitrogens with zero attached hydrogens (tertiary/aromatic N) is 1. The Labute approximate surface area is 116 Å². The van der Waals surface area contributed by atoms with E-state index in [0.29, 0.717) is 24.5 Å². The topological polar surface area (TPSA) is 63.4 Å². The Morgan fingerprint density at radius 2 is 1.95 bits per heavy atom. The number of hydrogen-bond acceptors (Lipinski definition) is 3. The summed E-state index contributed by atoms with van der Waals surface area (Å²) in [5.41, 5.74) is 6.40. The first-order valence-corrected chi connectivity index (χ1v) is 7.94. The average Bonchev–Trinajstić information content (AvgIpc) is 2.36. The van der Waals surface area contributed by atoms with Gasteiger partial charge in [0.15, 0.2) is 0 Å². The van der Waals surface area contributed by atoms with Crippen molar-refractivity contribution in [2.24, 2.45) is 11.1 Å². The van der Waals surface area contributed by atoms with Gasteiger partial charge in [-0.05, 0) is 36.6 Å². The molecular formula is C14H24N2O2S. The monoisotopic (exact) mass is 284 g/mol. The molecule has 1 aromatic rings. The van der Waals surface area contributed by atoms with Crippen LogP contribution in [-0.2, 0) is 10.0 Å². The van der Waals surface area contributed by atoms with Crippen molar-refractivity contribution in [2.75, 3.05) is 19.6 Å². The molecule has 1 rings (SSSR count). The van der Waals surface area contributed by atoms with Gasteiger partial charge in [-0.1, -0.05) is 32.9 Å². The molecule has 0 aliphatic rings. The van der Waals surface area contributed by atoms with Gasteiger partial charge in [0.1, 0.15) is 0 Å². The van der Waals surface area contributed by atoms with Crippen LogP contribution in [-0.4, -0.2) is 32.4 Å². The van der Waals surface area contributed by atoms with Crippen molar-refractivity contribution < 1.29 is 8.42 Å². The SMILES string of the molecule is CCN(CC(C)(C)CN)S(=O)(=O)c1cccc(C)c1. The largest absolute Gasteiger partial charge is 0.330 e. The summed E-state index contributed by atoms with van der Waals surface area (Å²) in [5.74, 6) is 0. The normalized spacial score (nSPS) is 12.9. The fraction of sp³-hybridized carbons (Fsp3) is 0.571. The smallest absolute Gasteiger partial charge is 0.243 e. The molecule has 0 unspecified atom stereocenters. The molecule has 0 aliphatic heterocycles. The highest BCUT2D eigenvalue weighted by Gasteiger charge is 2.28. The maximum Gasteiger partial charge on any atom is 0.243 e. The Morgan fingerprint density at radius 3 is 2.42 bits per heavy atom. The van der Waals surface area contributed by atoms with E-state index in [0.717, 1.165) is 5.56 Å². The van der Waals surface area contributed by atoms with E-state index in [1.807, 2.05) is 33.8 Å². The van der Waals surface area contributed by atoms with Gasteiger partial charge in [-0.3, -0.25) is 0 Å². The van der Waals surface area contributed by atoms with Gasteiger partial charge in [-0.25, -0.2) is 8.42 Å². The van der Waals surface area contributed by atoms with Gasteiger partial charge in [0.25, 0.3) is 0 Å². The summed E-state index contributed by atoms with van der Waals surface area (Å²) in [7, 11) is -3.44. The van der Waals surface area contributed by atoms with Crippen molar-refractivity contribution >= 4 is 10.0 Å². The Bertz CT molecular complexity index is 524. The first-order chi connectivity index (χ1) is 8.73. The third kappa shape index (κ3) is 4.03. The van der Waals surface area contributed by atoms with Crippen molar-refractivity contribution in [1.29, 1.82) is 0 Å². The van der Waals surface area contributed by atoms with Crippen LogP contribution in [0.1, 0.15) is 26.3 Å². The molecule has 0 radical (unpaired) electrons. The highest BCUT2D eigenvalue weighted by atomic mass is 32.2. The van der Waals surface area contributed by atoms with E-state index in [2.05, 4.69) is 0 Å². The lowest BCUT2D eigenvalue weighted by molar-refractivity contribution is 0.273. The Kier molecular flexibility index (Phi) is 5.12. The molecule has 5 heteroatoms. The average molecular weight is 284 g/mol. The van der Waals surface area contributed by atoms with Crippen LogP contribution in [0, 0.1) is 12.3 Å². The van der Waals surface area contributed by atoms with Crippen molar-refractivity contribution in [3.05, 3.63) is 29.8 Å². The lowest BCUT2D eigenvalue weighted by Gasteiger charge is -2.30. The van der Waals surface area contributed by atoms with E-state index in [1.165, 1.54) is 4.31 Å². The van der Waals surface area contributed by atoms with Crippen molar-refractivity contribution in [1.82, 2.24) is 4.31 Å². The molecule has 19 heavy (non-hydrogen) atoms. The van der Waals surface area contributed by atoms with Crippen molar-refractivity contribution in [3.63, 3.8) is 0 Å². The van der Waals surface area contributed by atoms with Crippen LogP contribution in [0.3, 0.4) is 0 Å². The fourth-order valence-corrected chi connectivity index (χ4v) is 3.58. The van der Waals surface area contributed by atoms with Crippen LogP contribution >= 0.6 is 0 Å². The zero-order valence-electron chi connectivity index (χ0n) is 12.2. The number of nitrogens with two attached hydrogens (primary N) is 1.